The number of aliphatic hydroxyl groups excluding tert-OH is 1. The molecule has 28 heavy (non-hydrogen) atoms. The molecule has 2 aromatic carbocycles. The van der Waals surface area contributed by atoms with Gasteiger partial charge in [0.1, 0.15) is 23.9 Å². The summed E-state index contributed by atoms with van der Waals surface area (Å²) in [6.45, 7) is 1.62. The number of hydrogen-bond donors (Lipinski definition) is 3. The standard InChI is InChI=1S/C21H20N2O4S/c1-14-5-2-3-8-18(14)26-13-20(25)23-21(28)22-16-7-4-6-15(11-16)19-10-9-17(12-24)27-19/h2-11,24H,12-13H2,1H3,(H2,22,23,25,28). The van der Waals surface area contributed by atoms with Gasteiger partial charge >= 0.3 is 0 Å². The van der Waals surface area contributed by atoms with Crippen molar-refractivity contribution in [2.75, 3.05) is 11.9 Å². The molecule has 7 heteroatoms. The molecular weight excluding hydrogens is 376 g/mol. The molecule has 0 radical (unpaired) electrons. The van der Waals surface area contributed by atoms with Gasteiger partial charge in [0, 0.05) is 11.3 Å². The SMILES string of the molecule is Cc1ccccc1OCC(=O)NC(=S)Nc1cccc(-c2ccc(CO)o2)c1. The van der Waals surface area contributed by atoms with Gasteiger partial charge < -0.3 is 19.6 Å². The van der Waals surface area contributed by atoms with Gasteiger partial charge in [0.05, 0.1) is 0 Å². The van der Waals surface area contributed by atoms with E-state index in [1.54, 1.807) is 12.1 Å². The van der Waals surface area contributed by atoms with Crippen LogP contribution in [0.1, 0.15) is 11.3 Å². The van der Waals surface area contributed by atoms with Crippen LogP contribution in [0.3, 0.4) is 0 Å². The number of carbonyl (C=O) groups excluding carboxylic acids is 1. The molecule has 0 saturated carbocycles. The van der Waals surface area contributed by atoms with Crippen molar-refractivity contribution >= 4 is 28.9 Å². The van der Waals surface area contributed by atoms with E-state index in [0.29, 0.717) is 23.0 Å². The summed E-state index contributed by atoms with van der Waals surface area (Å²) in [6, 6.07) is 18.3. The number of hydrogen-bond acceptors (Lipinski definition) is 5. The van der Waals surface area contributed by atoms with Crippen LogP contribution in [0.15, 0.2) is 65.1 Å². The van der Waals surface area contributed by atoms with Gasteiger partial charge in [0.25, 0.3) is 5.91 Å². The third-order valence-corrected chi connectivity index (χ3v) is 4.13. The summed E-state index contributed by atoms with van der Waals surface area (Å²) in [5, 5.41) is 14.8. The quantitative estimate of drug-likeness (QED) is 0.552. The zero-order valence-corrected chi connectivity index (χ0v) is 16.1. The summed E-state index contributed by atoms with van der Waals surface area (Å²) in [5.74, 6) is 1.43. The van der Waals surface area contributed by atoms with E-state index in [0.717, 1.165) is 11.1 Å². The normalized spacial score (nSPS) is 10.4. The number of carbonyl (C=O) groups is 1. The van der Waals surface area contributed by atoms with Gasteiger partial charge in [-0.1, -0.05) is 30.3 Å². The smallest absolute Gasteiger partial charge is 0.264 e. The van der Waals surface area contributed by atoms with Gasteiger partial charge in [0.15, 0.2) is 11.7 Å². The Morgan fingerprint density at radius 1 is 1.14 bits per heavy atom. The minimum absolute atomic E-state index is 0.136. The lowest BCUT2D eigenvalue weighted by Gasteiger charge is -2.12. The number of nitrogens with one attached hydrogen (secondary N) is 2. The van der Waals surface area contributed by atoms with Crippen LogP contribution in [-0.4, -0.2) is 22.7 Å². The molecule has 3 aromatic rings. The first-order chi connectivity index (χ1) is 13.5. The number of furan rings is 1. The van der Waals surface area contributed by atoms with Gasteiger partial charge in [-0.15, -0.1) is 0 Å². The Morgan fingerprint density at radius 2 is 1.96 bits per heavy atom. The molecule has 3 rings (SSSR count). The number of aliphatic hydroxyl groups is 1. The molecule has 0 bridgehead atoms. The average Bonchev–Trinajstić information content (AvgIpc) is 3.17. The van der Waals surface area contributed by atoms with E-state index >= 15 is 0 Å². The maximum atomic E-state index is 12.1. The van der Waals surface area contributed by atoms with Gasteiger partial charge in [-0.05, 0) is 55.0 Å². The van der Waals surface area contributed by atoms with Crippen molar-refractivity contribution in [3.05, 3.63) is 72.0 Å². The average molecular weight is 396 g/mol. The molecular formula is C21H20N2O4S. The number of aryl methyl sites for hydroxylation is 1. The molecule has 6 nitrogen and oxygen atoms in total. The number of thiocarbonyl (C=S) groups is 1. The van der Waals surface area contributed by atoms with Crippen molar-refractivity contribution < 1.29 is 19.1 Å². The van der Waals surface area contributed by atoms with Crippen LogP contribution in [0.4, 0.5) is 5.69 Å². The molecule has 1 aromatic heterocycles. The first kappa shape index (κ1) is 19.6. The summed E-state index contributed by atoms with van der Waals surface area (Å²) >= 11 is 5.20. The van der Waals surface area contributed by atoms with Gasteiger partial charge in [-0.2, -0.15) is 0 Å². The molecule has 0 fully saturated rings. The lowest BCUT2D eigenvalue weighted by Crippen LogP contribution is -2.37. The Morgan fingerprint density at radius 3 is 2.71 bits per heavy atom. The third-order valence-electron chi connectivity index (χ3n) is 3.93. The molecule has 0 atom stereocenters. The molecule has 0 spiro atoms. The van der Waals surface area contributed by atoms with Crippen LogP contribution in [0.2, 0.25) is 0 Å². The Bertz CT molecular complexity index is 984. The van der Waals surface area contributed by atoms with Crippen LogP contribution < -0.4 is 15.4 Å². The summed E-state index contributed by atoms with van der Waals surface area (Å²) in [6.07, 6.45) is 0. The van der Waals surface area contributed by atoms with Gasteiger partial charge in [-0.25, -0.2) is 0 Å². The second kappa shape index (κ2) is 9.16. The Balaban J connectivity index is 1.55. The monoisotopic (exact) mass is 396 g/mol. The first-order valence-corrected chi connectivity index (χ1v) is 9.05. The number of rotatable bonds is 6. The van der Waals surface area contributed by atoms with Crippen molar-refractivity contribution in [2.45, 2.75) is 13.5 Å². The highest BCUT2D eigenvalue weighted by molar-refractivity contribution is 7.80. The van der Waals surface area contributed by atoms with Crippen molar-refractivity contribution in [3.63, 3.8) is 0 Å². The number of benzene rings is 2. The van der Waals surface area contributed by atoms with Crippen LogP contribution >= 0.6 is 12.2 Å². The minimum Gasteiger partial charge on any atom is -0.483 e. The summed E-state index contributed by atoms with van der Waals surface area (Å²) in [7, 11) is 0. The second-order valence-corrected chi connectivity index (χ2v) is 6.47. The van der Waals surface area contributed by atoms with E-state index in [2.05, 4.69) is 10.6 Å². The lowest BCUT2D eigenvalue weighted by atomic mass is 10.1. The third kappa shape index (κ3) is 5.18. The number of ether oxygens (including phenoxy) is 1. The van der Waals surface area contributed by atoms with E-state index in [4.69, 9.17) is 26.5 Å². The Hall–Kier alpha value is -3.16. The van der Waals surface area contributed by atoms with Gasteiger partial charge in [0.2, 0.25) is 0 Å². The molecule has 0 aliphatic rings. The van der Waals surface area contributed by atoms with Crippen molar-refractivity contribution in [1.82, 2.24) is 5.32 Å². The number of anilines is 1. The van der Waals surface area contributed by atoms with E-state index < -0.39 is 0 Å². The molecule has 1 heterocycles. The highest BCUT2D eigenvalue weighted by Gasteiger charge is 2.09. The highest BCUT2D eigenvalue weighted by atomic mass is 32.1. The van der Waals surface area contributed by atoms with Crippen molar-refractivity contribution in [1.29, 1.82) is 0 Å². The molecule has 3 N–H and O–H groups in total. The fraction of sp³-hybridized carbons (Fsp3) is 0.143. The van der Waals surface area contributed by atoms with Crippen LogP contribution in [-0.2, 0) is 11.4 Å². The summed E-state index contributed by atoms with van der Waals surface area (Å²) in [4.78, 5) is 12.1. The zero-order valence-electron chi connectivity index (χ0n) is 15.3. The number of para-hydroxylation sites is 1. The molecule has 144 valence electrons. The van der Waals surface area contributed by atoms with E-state index in [-0.39, 0.29) is 24.2 Å². The van der Waals surface area contributed by atoms with Crippen LogP contribution in [0.25, 0.3) is 11.3 Å². The van der Waals surface area contributed by atoms with E-state index in [1.807, 2.05) is 55.5 Å². The maximum absolute atomic E-state index is 12.1. The van der Waals surface area contributed by atoms with E-state index in [1.165, 1.54) is 0 Å². The largest absolute Gasteiger partial charge is 0.483 e. The second-order valence-electron chi connectivity index (χ2n) is 6.06. The van der Waals surface area contributed by atoms with E-state index in [9.17, 15) is 4.79 Å². The predicted molar refractivity (Wildman–Crippen MR) is 111 cm³/mol. The summed E-state index contributed by atoms with van der Waals surface area (Å²) < 4.78 is 11.0. The Labute approximate surface area is 168 Å². The minimum atomic E-state index is -0.351. The Kier molecular flexibility index (Phi) is 6.41. The molecule has 0 unspecified atom stereocenters. The van der Waals surface area contributed by atoms with Crippen molar-refractivity contribution in [3.8, 4) is 17.1 Å². The van der Waals surface area contributed by atoms with Crippen molar-refractivity contribution in [2.24, 2.45) is 0 Å². The summed E-state index contributed by atoms with van der Waals surface area (Å²) in [5.41, 5.74) is 2.47. The van der Waals surface area contributed by atoms with Crippen LogP contribution in [0.5, 0.6) is 5.75 Å². The predicted octanol–water partition coefficient (Wildman–Crippen LogP) is 3.64. The molecule has 1 amide bonds. The van der Waals surface area contributed by atoms with Crippen LogP contribution in [0, 0.1) is 6.92 Å². The molecule has 0 aliphatic carbocycles. The molecule has 0 aliphatic heterocycles. The maximum Gasteiger partial charge on any atom is 0.264 e. The highest BCUT2D eigenvalue weighted by Crippen LogP contribution is 2.25. The van der Waals surface area contributed by atoms with Gasteiger partial charge in [-0.3, -0.25) is 10.1 Å². The fourth-order valence-electron chi connectivity index (χ4n) is 2.55. The lowest BCUT2D eigenvalue weighted by molar-refractivity contribution is -0.121. The fourth-order valence-corrected chi connectivity index (χ4v) is 2.79. The molecule has 0 saturated heterocycles. The zero-order chi connectivity index (χ0) is 19.9. The topological polar surface area (TPSA) is 83.7 Å². The number of amides is 1. The first-order valence-electron chi connectivity index (χ1n) is 8.64.